The number of amides is 1. The molecule has 0 fully saturated rings. The average molecular weight is 295 g/mol. The molecule has 0 unspecified atom stereocenters. The molecule has 0 aromatic heterocycles. The maximum atomic E-state index is 11.9. The second-order valence-electron chi connectivity index (χ2n) is 5.05. The number of carbonyl (C=O) groups is 1. The number of nitro benzene ring substituents is 1. The SMILES string of the molecule is CC(C)CCOCCNC(=O)c1cccc([N+](=O)[O-])c1N. The third-order valence-electron chi connectivity index (χ3n) is 2.90. The summed E-state index contributed by atoms with van der Waals surface area (Å²) < 4.78 is 5.37. The number of nitrogens with two attached hydrogens (primary N) is 1. The van der Waals surface area contributed by atoms with Crippen LogP contribution in [0.2, 0.25) is 0 Å². The number of benzene rings is 1. The van der Waals surface area contributed by atoms with Crippen LogP contribution in [0.4, 0.5) is 11.4 Å². The summed E-state index contributed by atoms with van der Waals surface area (Å²) in [5.41, 5.74) is 5.35. The molecule has 1 rings (SSSR count). The quantitative estimate of drug-likeness (QED) is 0.330. The molecule has 0 radical (unpaired) electrons. The Morgan fingerprint density at radius 1 is 1.43 bits per heavy atom. The first-order chi connectivity index (χ1) is 9.93. The van der Waals surface area contributed by atoms with Crippen molar-refractivity contribution < 1.29 is 14.5 Å². The van der Waals surface area contributed by atoms with Crippen molar-refractivity contribution in [2.45, 2.75) is 20.3 Å². The van der Waals surface area contributed by atoms with Gasteiger partial charge in [-0.3, -0.25) is 14.9 Å². The van der Waals surface area contributed by atoms with Crippen LogP contribution in [0.25, 0.3) is 0 Å². The van der Waals surface area contributed by atoms with Gasteiger partial charge in [0.05, 0.1) is 17.1 Å². The Bertz CT molecular complexity index is 503. The molecule has 0 heterocycles. The lowest BCUT2D eigenvalue weighted by Crippen LogP contribution is -2.28. The van der Waals surface area contributed by atoms with Gasteiger partial charge < -0.3 is 15.8 Å². The van der Waals surface area contributed by atoms with Crippen LogP contribution in [0.1, 0.15) is 30.6 Å². The van der Waals surface area contributed by atoms with E-state index in [0.717, 1.165) is 6.42 Å². The minimum Gasteiger partial charge on any atom is -0.393 e. The number of carbonyl (C=O) groups excluding carboxylic acids is 1. The maximum absolute atomic E-state index is 11.9. The first-order valence-corrected chi connectivity index (χ1v) is 6.82. The molecule has 116 valence electrons. The molecule has 0 spiro atoms. The molecule has 1 amide bonds. The molecule has 0 bridgehead atoms. The van der Waals surface area contributed by atoms with Crippen LogP contribution < -0.4 is 11.1 Å². The standard InChI is InChI=1S/C14H21N3O4/c1-10(2)6-8-21-9-7-16-14(18)11-4-3-5-12(13(11)15)17(19)20/h3-5,10H,6-9,15H2,1-2H3,(H,16,18). The third kappa shape index (κ3) is 5.39. The first kappa shape index (κ1) is 16.9. The monoisotopic (exact) mass is 295 g/mol. The van der Waals surface area contributed by atoms with Gasteiger partial charge in [-0.25, -0.2) is 0 Å². The van der Waals surface area contributed by atoms with E-state index in [0.29, 0.717) is 25.7 Å². The largest absolute Gasteiger partial charge is 0.393 e. The second kappa shape index (κ2) is 8.21. The summed E-state index contributed by atoms with van der Waals surface area (Å²) in [7, 11) is 0. The van der Waals surface area contributed by atoms with E-state index in [1.54, 1.807) is 0 Å². The van der Waals surface area contributed by atoms with Gasteiger partial charge in [0, 0.05) is 19.2 Å². The Kier molecular flexibility index (Phi) is 6.61. The summed E-state index contributed by atoms with van der Waals surface area (Å²) in [4.78, 5) is 22.1. The molecule has 7 nitrogen and oxygen atoms in total. The van der Waals surface area contributed by atoms with Crippen molar-refractivity contribution in [3.8, 4) is 0 Å². The van der Waals surface area contributed by atoms with Gasteiger partial charge in [-0.1, -0.05) is 19.9 Å². The molecular weight excluding hydrogens is 274 g/mol. The van der Waals surface area contributed by atoms with Gasteiger partial charge in [-0.2, -0.15) is 0 Å². The second-order valence-corrected chi connectivity index (χ2v) is 5.05. The van der Waals surface area contributed by atoms with Gasteiger partial charge in [0.1, 0.15) is 5.69 Å². The van der Waals surface area contributed by atoms with Crippen LogP contribution in [-0.4, -0.2) is 30.6 Å². The fraction of sp³-hybridized carbons (Fsp3) is 0.500. The molecule has 1 aromatic rings. The maximum Gasteiger partial charge on any atom is 0.292 e. The van der Waals surface area contributed by atoms with Crippen molar-refractivity contribution in [2.75, 3.05) is 25.5 Å². The summed E-state index contributed by atoms with van der Waals surface area (Å²) in [6.07, 6.45) is 0.964. The van der Waals surface area contributed by atoms with Crippen molar-refractivity contribution in [3.05, 3.63) is 33.9 Å². The van der Waals surface area contributed by atoms with E-state index in [1.807, 2.05) is 0 Å². The average Bonchev–Trinajstić information content (AvgIpc) is 2.42. The molecule has 0 aliphatic carbocycles. The lowest BCUT2D eigenvalue weighted by Gasteiger charge is -2.09. The van der Waals surface area contributed by atoms with Crippen molar-refractivity contribution in [3.63, 3.8) is 0 Å². The van der Waals surface area contributed by atoms with Crippen LogP contribution in [0, 0.1) is 16.0 Å². The summed E-state index contributed by atoms with van der Waals surface area (Å²) in [5, 5.41) is 13.4. The third-order valence-corrected chi connectivity index (χ3v) is 2.90. The van der Waals surface area contributed by atoms with Gasteiger partial charge in [0.2, 0.25) is 0 Å². The summed E-state index contributed by atoms with van der Waals surface area (Å²) in [6, 6.07) is 4.15. The molecule has 0 atom stereocenters. The number of nitrogens with zero attached hydrogens (tertiary/aromatic N) is 1. The van der Waals surface area contributed by atoms with E-state index in [1.165, 1.54) is 18.2 Å². The normalized spacial score (nSPS) is 10.6. The fourth-order valence-corrected chi connectivity index (χ4v) is 1.66. The van der Waals surface area contributed by atoms with Crippen LogP contribution in [0.15, 0.2) is 18.2 Å². The molecular formula is C14H21N3O4. The van der Waals surface area contributed by atoms with Gasteiger partial charge in [-0.15, -0.1) is 0 Å². The lowest BCUT2D eigenvalue weighted by molar-refractivity contribution is -0.383. The highest BCUT2D eigenvalue weighted by atomic mass is 16.6. The molecule has 0 saturated heterocycles. The summed E-state index contributed by atoms with van der Waals surface area (Å²) in [6.45, 7) is 5.59. The molecule has 3 N–H and O–H groups in total. The Morgan fingerprint density at radius 3 is 2.76 bits per heavy atom. The number of nitrogens with one attached hydrogen (secondary N) is 1. The Labute approximate surface area is 123 Å². The number of nitrogen functional groups attached to an aromatic ring is 1. The van der Waals surface area contributed by atoms with Gasteiger partial charge in [-0.05, 0) is 18.4 Å². The number of para-hydroxylation sites is 1. The highest BCUT2D eigenvalue weighted by molar-refractivity contribution is 6.00. The van der Waals surface area contributed by atoms with Crippen molar-refractivity contribution in [2.24, 2.45) is 5.92 Å². The predicted octanol–water partition coefficient (Wildman–Crippen LogP) is 1.97. The number of hydrogen-bond acceptors (Lipinski definition) is 5. The number of rotatable bonds is 8. The zero-order valence-corrected chi connectivity index (χ0v) is 12.3. The van der Waals surface area contributed by atoms with E-state index in [2.05, 4.69) is 19.2 Å². The van der Waals surface area contributed by atoms with E-state index >= 15 is 0 Å². The highest BCUT2D eigenvalue weighted by Gasteiger charge is 2.18. The molecule has 0 aliphatic heterocycles. The molecule has 7 heteroatoms. The van der Waals surface area contributed by atoms with Crippen molar-refractivity contribution in [1.29, 1.82) is 0 Å². The topological polar surface area (TPSA) is 107 Å². The minimum atomic E-state index is -0.610. The van der Waals surface area contributed by atoms with E-state index in [-0.39, 0.29) is 16.9 Å². The van der Waals surface area contributed by atoms with Crippen LogP contribution >= 0.6 is 0 Å². The summed E-state index contributed by atoms with van der Waals surface area (Å²) in [5.74, 6) is 0.132. The van der Waals surface area contributed by atoms with E-state index < -0.39 is 10.8 Å². The number of ether oxygens (including phenoxy) is 1. The van der Waals surface area contributed by atoms with Crippen molar-refractivity contribution in [1.82, 2.24) is 5.32 Å². The zero-order valence-electron chi connectivity index (χ0n) is 12.3. The van der Waals surface area contributed by atoms with E-state index in [4.69, 9.17) is 10.5 Å². The number of nitro groups is 1. The van der Waals surface area contributed by atoms with Crippen LogP contribution in [0.5, 0.6) is 0 Å². The molecule has 0 saturated carbocycles. The Morgan fingerprint density at radius 2 is 2.14 bits per heavy atom. The van der Waals surface area contributed by atoms with Crippen LogP contribution in [0.3, 0.4) is 0 Å². The molecule has 0 aliphatic rings. The summed E-state index contributed by atoms with van der Waals surface area (Å²) >= 11 is 0. The van der Waals surface area contributed by atoms with Gasteiger partial charge in [0.15, 0.2) is 0 Å². The zero-order chi connectivity index (χ0) is 15.8. The molecule has 21 heavy (non-hydrogen) atoms. The van der Waals surface area contributed by atoms with Gasteiger partial charge in [0.25, 0.3) is 11.6 Å². The minimum absolute atomic E-state index is 0.103. The first-order valence-electron chi connectivity index (χ1n) is 6.82. The highest BCUT2D eigenvalue weighted by Crippen LogP contribution is 2.24. The van der Waals surface area contributed by atoms with E-state index in [9.17, 15) is 14.9 Å². The Balaban J connectivity index is 2.46. The lowest BCUT2D eigenvalue weighted by atomic mass is 10.1. The predicted molar refractivity (Wildman–Crippen MR) is 80.1 cm³/mol. The molecule has 1 aromatic carbocycles. The van der Waals surface area contributed by atoms with Crippen molar-refractivity contribution >= 4 is 17.3 Å². The fourth-order valence-electron chi connectivity index (χ4n) is 1.66. The van der Waals surface area contributed by atoms with Gasteiger partial charge >= 0.3 is 0 Å². The number of anilines is 1. The Hall–Kier alpha value is -2.15. The number of hydrogen-bond donors (Lipinski definition) is 2. The van der Waals surface area contributed by atoms with Crippen LogP contribution in [-0.2, 0) is 4.74 Å². The smallest absolute Gasteiger partial charge is 0.292 e.